The topological polar surface area (TPSA) is 40.6 Å². The van der Waals surface area contributed by atoms with E-state index in [1.54, 1.807) is 19.2 Å². The summed E-state index contributed by atoms with van der Waals surface area (Å²) in [6, 6.07) is 15.0. The zero-order valence-electron chi connectivity index (χ0n) is 14.0. The Kier molecular flexibility index (Phi) is 5.16. The number of carbonyl (C=O) groups is 2. The molecule has 0 aliphatic carbocycles. The number of carbonyl (C=O) groups excluding carboxylic acids is 2. The van der Waals surface area contributed by atoms with Crippen molar-refractivity contribution in [1.29, 1.82) is 0 Å². The largest absolute Gasteiger partial charge is 0.378 e. The van der Waals surface area contributed by atoms with Crippen LogP contribution in [-0.4, -0.2) is 37.7 Å². The number of benzene rings is 2. The molecule has 0 N–H and O–H groups in total. The average Bonchev–Trinajstić information content (AvgIpc) is 2.54. The van der Waals surface area contributed by atoms with Gasteiger partial charge in [-0.1, -0.05) is 42.0 Å². The molecule has 120 valence electrons. The molecule has 2 aromatic carbocycles. The third kappa shape index (κ3) is 4.19. The van der Waals surface area contributed by atoms with Crippen molar-refractivity contribution in [2.75, 3.05) is 26.0 Å². The summed E-state index contributed by atoms with van der Waals surface area (Å²) in [5, 5.41) is 0. The van der Waals surface area contributed by atoms with Crippen molar-refractivity contribution in [3.63, 3.8) is 0 Å². The van der Waals surface area contributed by atoms with Crippen LogP contribution >= 0.6 is 0 Å². The van der Waals surface area contributed by atoms with Gasteiger partial charge in [0.1, 0.15) is 0 Å². The van der Waals surface area contributed by atoms with Gasteiger partial charge in [0.15, 0.2) is 0 Å². The highest BCUT2D eigenvalue weighted by molar-refractivity contribution is 6.42. The van der Waals surface area contributed by atoms with Gasteiger partial charge in [-0.05, 0) is 24.6 Å². The van der Waals surface area contributed by atoms with E-state index in [0.29, 0.717) is 12.1 Å². The Morgan fingerprint density at radius 1 is 0.870 bits per heavy atom. The Labute approximate surface area is 137 Å². The lowest BCUT2D eigenvalue weighted by atomic mass is 10.1. The summed E-state index contributed by atoms with van der Waals surface area (Å²) >= 11 is 0. The zero-order valence-corrected chi connectivity index (χ0v) is 14.0. The minimum absolute atomic E-state index is 0.407. The van der Waals surface area contributed by atoms with Crippen LogP contribution in [0.1, 0.15) is 21.5 Å². The van der Waals surface area contributed by atoms with Gasteiger partial charge in [-0.3, -0.25) is 9.59 Å². The van der Waals surface area contributed by atoms with Crippen molar-refractivity contribution in [3.05, 3.63) is 65.2 Å². The standard InChI is InChI=1S/C19H22N2O2/c1-14-5-9-16(10-6-14)18(22)19(23)21(4)13-15-7-11-17(12-8-15)20(2)3/h5-12H,13H2,1-4H3. The Morgan fingerprint density at radius 2 is 1.43 bits per heavy atom. The first-order valence-electron chi connectivity index (χ1n) is 7.51. The highest BCUT2D eigenvalue weighted by atomic mass is 16.2. The molecule has 4 heteroatoms. The highest BCUT2D eigenvalue weighted by Crippen LogP contribution is 2.14. The molecule has 0 aromatic heterocycles. The minimum Gasteiger partial charge on any atom is -0.378 e. The van der Waals surface area contributed by atoms with Crippen molar-refractivity contribution >= 4 is 17.4 Å². The van der Waals surface area contributed by atoms with Crippen molar-refractivity contribution in [2.45, 2.75) is 13.5 Å². The summed E-state index contributed by atoms with van der Waals surface area (Å²) in [5.41, 5.74) is 3.57. The second kappa shape index (κ2) is 7.09. The van der Waals surface area contributed by atoms with E-state index in [4.69, 9.17) is 0 Å². The molecule has 0 atom stereocenters. The molecule has 0 saturated carbocycles. The van der Waals surface area contributed by atoms with Gasteiger partial charge in [0.2, 0.25) is 5.78 Å². The first kappa shape index (κ1) is 16.7. The Morgan fingerprint density at radius 3 is 1.96 bits per heavy atom. The normalized spacial score (nSPS) is 10.3. The molecule has 0 unspecified atom stereocenters. The summed E-state index contributed by atoms with van der Waals surface area (Å²) < 4.78 is 0. The van der Waals surface area contributed by atoms with Gasteiger partial charge >= 0.3 is 0 Å². The van der Waals surface area contributed by atoms with Gasteiger partial charge in [-0.15, -0.1) is 0 Å². The van der Waals surface area contributed by atoms with Crippen LogP contribution in [0.15, 0.2) is 48.5 Å². The van der Waals surface area contributed by atoms with Gasteiger partial charge in [0.25, 0.3) is 5.91 Å². The van der Waals surface area contributed by atoms with Gasteiger partial charge in [0, 0.05) is 38.9 Å². The lowest BCUT2D eigenvalue weighted by Gasteiger charge is -2.18. The monoisotopic (exact) mass is 310 g/mol. The molecule has 2 aromatic rings. The lowest BCUT2D eigenvalue weighted by molar-refractivity contribution is -0.125. The maximum absolute atomic E-state index is 12.3. The molecular formula is C19H22N2O2. The fourth-order valence-corrected chi connectivity index (χ4v) is 2.25. The fourth-order valence-electron chi connectivity index (χ4n) is 2.25. The maximum Gasteiger partial charge on any atom is 0.294 e. The number of amides is 1. The smallest absolute Gasteiger partial charge is 0.294 e. The number of nitrogens with zero attached hydrogens (tertiary/aromatic N) is 2. The molecule has 0 spiro atoms. The molecule has 0 bridgehead atoms. The van der Waals surface area contributed by atoms with Crippen molar-refractivity contribution in [1.82, 2.24) is 4.90 Å². The molecular weight excluding hydrogens is 288 g/mol. The van der Waals surface area contributed by atoms with E-state index in [0.717, 1.165) is 16.8 Å². The summed E-state index contributed by atoms with van der Waals surface area (Å²) in [5.74, 6) is -0.969. The van der Waals surface area contributed by atoms with E-state index in [1.807, 2.05) is 62.3 Å². The highest BCUT2D eigenvalue weighted by Gasteiger charge is 2.20. The number of Topliss-reactive ketones (excluding diaryl/α,β-unsaturated/α-hetero) is 1. The quantitative estimate of drug-likeness (QED) is 0.630. The number of anilines is 1. The molecule has 4 nitrogen and oxygen atoms in total. The van der Waals surface area contributed by atoms with Crippen LogP contribution in [0.3, 0.4) is 0 Å². The first-order chi connectivity index (χ1) is 10.9. The van der Waals surface area contributed by atoms with E-state index >= 15 is 0 Å². The number of hydrogen-bond donors (Lipinski definition) is 0. The lowest BCUT2D eigenvalue weighted by Crippen LogP contribution is -2.32. The number of likely N-dealkylation sites (N-methyl/N-ethyl adjacent to an activating group) is 1. The predicted molar refractivity (Wildman–Crippen MR) is 92.8 cm³/mol. The summed E-state index contributed by atoms with van der Waals surface area (Å²) in [6.07, 6.45) is 0. The van der Waals surface area contributed by atoms with Crippen molar-refractivity contribution in [3.8, 4) is 0 Å². The summed E-state index contributed by atoms with van der Waals surface area (Å²) in [4.78, 5) is 28.0. The van der Waals surface area contributed by atoms with Crippen LogP contribution in [0.2, 0.25) is 0 Å². The number of aryl methyl sites for hydroxylation is 1. The van der Waals surface area contributed by atoms with Crippen LogP contribution in [-0.2, 0) is 11.3 Å². The maximum atomic E-state index is 12.3. The van der Waals surface area contributed by atoms with Crippen LogP contribution in [0.4, 0.5) is 5.69 Å². The van der Waals surface area contributed by atoms with Gasteiger partial charge < -0.3 is 9.80 Å². The first-order valence-corrected chi connectivity index (χ1v) is 7.51. The van der Waals surface area contributed by atoms with Crippen molar-refractivity contribution < 1.29 is 9.59 Å². The Balaban J connectivity index is 2.04. The molecule has 0 fully saturated rings. The van der Waals surface area contributed by atoms with Crippen LogP contribution < -0.4 is 4.90 Å². The molecule has 0 heterocycles. The molecule has 23 heavy (non-hydrogen) atoms. The Bertz CT molecular complexity index is 688. The predicted octanol–water partition coefficient (Wildman–Crippen LogP) is 2.90. The summed E-state index contributed by atoms with van der Waals surface area (Å²) in [6.45, 7) is 2.35. The van der Waals surface area contributed by atoms with E-state index < -0.39 is 11.7 Å². The fraction of sp³-hybridized carbons (Fsp3) is 0.263. The molecule has 0 saturated heterocycles. The molecule has 1 amide bonds. The second-order valence-electron chi connectivity index (χ2n) is 5.92. The van der Waals surface area contributed by atoms with Crippen molar-refractivity contribution in [2.24, 2.45) is 0 Å². The number of ketones is 1. The van der Waals surface area contributed by atoms with Gasteiger partial charge in [-0.2, -0.15) is 0 Å². The van der Waals surface area contributed by atoms with E-state index in [-0.39, 0.29) is 0 Å². The number of hydrogen-bond acceptors (Lipinski definition) is 3. The molecule has 0 radical (unpaired) electrons. The van der Waals surface area contributed by atoms with E-state index in [1.165, 1.54) is 4.90 Å². The molecule has 2 rings (SSSR count). The summed E-state index contributed by atoms with van der Waals surface area (Å²) in [7, 11) is 5.60. The van der Waals surface area contributed by atoms with Crippen LogP contribution in [0.5, 0.6) is 0 Å². The van der Waals surface area contributed by atoms with Gasteiger partial charge in [0.05, 0.1) is 0 Å². The van der Waals surface area contributed by atoms with E-state index in [2.05, 4.69) is 0 Å². The average molecular weight is 310 g/mol. The third-order valence-electron chi connectivity index (χ3n) is 3.73. The Hall–Kier alpha value is -2.62. The zero-order chi connectivity index (χ0) is 17.0. The van der Waals surface area contributed by atoms with Gasteiger partial charge in [-0.25, -0.2) is 0 Å². The van der Waals surface area contributed by atoms with E-state index in [9.17, 15) is 9.59 Å². The molecule has 0 aliphatic heterocycles. The third-order valence-corrected chi connectivity index (χ3v) is 3.73. The second-order valence-corrected chi connectivity index (χ2v) is 5.92. The minimum atomic E-state index is -0.495. The number of rotatable bonds is 5. The molecule has 0 aliphatic rings. The SMILES string of the molecule is Cc1ccc(C(=O)C(=O)N(C)Cc2ccc(N(C)C)cc2)cc1. The van der Waals surface area contributed by atoms with Crippen LogP contribution in [0, 0.1) is 6.92 Å². The van der Waals surface area contributed by atoms with Crippen LogP contribution in [0.25, 0.3) is 0 Å².